The largest absolute Gasteiger partial charge is 0.360 e. The molecule has 152 valence electrons. The van der Waals surface area contributed by atoms with Crippen LogP contribution in [0.5, 0.6) is 0 Å². The lowest BCUT2D eigenvalue weighted by molar-refractivity contribution is 0.0950. The van der Waals surface area contributed by atoms with Gasteiger partial charge in [0.25, 0.3) is 5.91 Å². The van der Waals surface area contributed by atoms with Crippen molar-refractivity contribution < 1.29 is 9.32 Å². The van der Waals surface area contributed by atoms with Crippen molar-refractivity contribution in [2.75, 3.05) is 0 Å². The Bertz CT molecular complexity index is 1160. The lowest BCUT2D eigenvalue weighted by Gasteiger charge is -2.08. The van der Waals surface area contributed by atoms with Crippen LogP contribution in [0.15, 0.2) is 65.2 Å². The predicted octanol–water partition coefficient (Wildman–Crippen LogP) is 4.44. The molecule has 0 aliphatic heterocycles. The highest BCUT2D eigenvalue weighted by Crippen LogP contribution is 2.25. The Morgan fingerprint density at radius 3 is 2.37 bits per heavy atom. The van der Waals surface area contributed by atoms with Gasteiger partial charge in [0.05, 0.1) is 12.2 Å². The van der Waals surface area contributed by atoms with E-state index in [2.05, 4.69) is 27.7 Å². The number of aromatic nitrogens is 3. The van der Waals surface area contributed by atoms with E-state index in [1.165, 1.54) is 5.56 Å². The summed E-state index contributed by atoms with van der Waals surface area (Å²) in [7, 11) is 0. The summed E-state index contributed by atoms with van der Waals surface area (Å²) in [5, 5.41) is 11.8. The summed E-state index contributed by atoms with van der Waals surface area (Å²) in [4.78, 5) is 13.0. The fraction of sp³-hybridized carbons (Fsp3) is 0.208. The van der Waals surface area contributed by atoms with E-state index in [0.29, 0.717) is 30.1 Å². The molecular weight excluding hydrogens is 376 g/mol. The van der Waals surface area contributed by atoms with Crippen molar-refractivity contribution >= 4 is 5.91 Å². The van der Waals surface area contributed by atoms with Gasteiger partial charge in [-0.25, -0.2) is 0 Å². The van der Waals surface area contributed by atoms with Gasteiger partial charge in [-0.05, 0) is 26.3 Å². The fourth-order valence-electron chi connectivity index (χ4n) is 3.59. The van der Waals surface area contributed by atoms with E-state index in [1.54, 1.807) is 6.92 Å². The highest BCUT2D eigenvalue weighted by atomic mass is 16.5. The zero-order chi connectivity index (χ0) is 21.1. The second kappa shape index (κ2) is 8.37. The zero-order valence-electron chi connectivity index (χ0n) is 17.3. The first-order valence-corrected chi connectivity index (χ1v) is 9.91. The van der Waals surface area contributed by atoms with Crippen LogP contribution < -0.4 is 5.32 Å². The van der Waals surface area contributed by atoms with E-state index in [4.69, 9.17) is 4.52 Å². The minimum atomic E-state index is -0.206. The van der Waals surface area contributed by atoms with Crippen LogP contribution in [0.25, 0.3) is 11.3 Å². The van der Waals surface area contributed by atoms with Gasteiger partial charge in [0, 0.05) is 23.4 Å². The average Bonchev–Trinajstić information content (AvgIpc) is 3.27. The Morgan fingerprint density at radius 1 is 1.00 bits per heavy atom. The van der Waals surface area contributed by atoms with Gasteiger partial charge in [0.2, 0.25) is 0 Å². The number of amides is 1. The summed E-state index contributed by atoms with van der Waals surface area (Å²) in [5.74, 6) is 0.293. The molecule has 0 fully saturated rings. The van der Waals surface area contributed by atoms with Crippen LogP contribution >= 0.6 is 0 Å². The zero-order valence-corrected chi connectivity index (χ0v) is 17.3. The molecule has 2 aromatic carbocycles. The molecule has 0 saturated carbocycles. The molecule has 0 atom stereocenters. The number of hydrogen-bond donors (Lipinski definition) is 1. The molecule has 30 heavy (non-hydrogen) atoms. The standard InChI is InChI=1S/C24H24N4O2/c1-16-21(17(2)28(26-16)15-19-10-6-4-7-11-19)14-25-24(29)22-18(3)30-27-23(22)20-12-8-5-9-13-20/h4-13H,14-15H2,1-3H3,(H,25,29). The van der Waals surface area contributed by atoms with Crippen LogP contribution in [0.2, 0.25) is 0 Å². The average molecular weight is 400 g/mol. The van der Waals surface area contributed by atoms with Crippen molar-refractivity contribution in [2.45, 2.75) is 33.9 Å². The molecule has 0 saturated heterocycles. The molecule has 6 heteroatoms. The Kier molecular flexibility index (Phi) is 5.48. The van der Waals surface area contributed by atoms with Gasteiger partial charge in [-0.15, -0.1) is 0 Å². The Balaban J connectivity index is 1.52. The molecule has 0 spiro atoms. The summed E-state index contributed by atoms with van der Waals surface area (Å²) in [6, 6.07) is 19.8. The molecule has 1 amide bonds. The van der Waals surface area contributed by atoms with Crippen molar-refractivity contribution in [1.29, 1.82) is 0 Å². The van der Waals surface area contributed by atoms with Gasteiger partial charge >= 0.3 is 0 Å². The Labute approximate surface area is 175 Å². The maximum Gasteiger partial charge on any atom is 0.257 e. The van der Waals surface area contributed by atoms with Gasteiger partial charge in [0.15, 0.2) is 0 Å². The first-order chi connectivity index (χ1) is 14.5. The van der Waals surface area contributed by atoms with Crippen LogP contribution in [0, 0.1) is 20.8 Å². The minimum absolute atomic E-state index is 0.206. The normalized spacial score (nSPS) is 10.9. The molecule has 0 aliphatic carbocycles. The smallest absolute Gasteiger partial charge is 0.257 e. The van der Waals surface area contributed by atoms with E-state index in [9.17, 15) is 4.79 Å². The molecule has 4 rings (SSSR count). The van der Waals surface area contributed by atoms with E-state index >= 15 is 0 Å². The van der Waals surface area contributed by atoms with Gasteiger partial charge < -0.3 is 9.84 Å². The Hall–Kier alpha value is -3.67. The topological polar surface area (TPSA) is 73.0 Å². The molecular formula is C24H24N4O2. The van der Waals surface area contributed by atoms with Crippen LogP contribution in [0.4, 0.5) is 0 Å². The van der Waals surface area contributed by atoms with Gasteiger partial charge in [-0.1, -0.05) is 65.8 Å². The number of carbonyl (C=O) groups is 1. The predicted molar refractivity (Wildman–Crippen MR) is 115 cm³/mol. The number of aryl methyl sites for hydroxylation is 2. The van der Waals surface area contributed by atoms with E-state index < -0.39 is 0 Å². The first-order valence-electron chi connectivity index (χ1n) is 9.91. The maximum absolute atomic E-state index is 13.0. The van der Waals surface area contributed by atoms with Crippen LogP contribution in [0.3, 0.4) is 0 Å². The number of nitrogens with one attached hydrogen (secondary N) is 1. The second-order valence-corrected chi connectivity index (χ2v) is 7.30. The van der Waals surface area contributed by atoms with Crippen LogP contribution in [0.1, 0.15) is 38.6 Å². The number of nitrogens with zero attached hydrogens (tertiary/aromatic N) is 3. The molecule has 1 N–H and O–H groups in total. The van der Waals surface area contributed by atoms with Crippen molar-refractivity contribution in [2.24, 2.45) is 0 Å². The molecule has 6 nitrogen and oxygen atoms in total. The van der Waals surface area contributed by atoms with Crippen molar-refractivity contribution in [3.8, 4) is 11.3 Å². The summed E-state index contributed by atoms with van der Waals surface area (Å²) in [6.45, 7) is 6.85. The summed E-state index contributed by atoms with van der Waals surface area (Å²) in [6.07, 6.45) is 0. The maximum atomic E-state index is 13.0. The Morgan fingerprint density at radius 2 is 1.67 bits per heavy atom. The quantitative estimate of drug-likeness (QED) is 0.519. The van der Waals surface area contributed by atoms with Crippen molar-refractivity contribution in [3.05, 3.63) is 94.5 Å². The third kappa shape index (κ3) is 3.89. The van der Waals surface area contributed by atoms with Gasteiger partial charge in [-0.2, -0.15) is 5.10 Å². The molecule has 2 aromatic heterocycles. The number of rotatable bonds is 6. The highest BCUT2D eigenvalue weighted by Gasteiger charge is 2.22. The van der Waals surface area contributed by atoms with Crippen molar-refractivity contribution in [1.82, 2.24) is 20.3 Å². The van der Waals surface area contributed by atoms with Crippen molar-refractivity contribution in [3.63, 3.8) is 0 Å². The SMILES string of the molecule is Cc1nn(Cc2ccccc2)c(C)c1CNC(=O)c1c(-c2ccccc2)noc1C. The lowest BCUT2D eigenvalue weighted by Crippen LogP contribution is -2.24. The number of carbonyl (C=O) groups excluding carboxylic acids is 1. The van der Waals surface area contributed by atoms with E-state index in [1.807, 2.05) is 67.1 Å². The van der Waals surface area contributed by atoms with E-state index in [-0.39, 0.29) is 5.91 Å². The summed E-state index contributed by atoms with van der Waals surface area (Å²) < 4.78 is 7.29. The van der Waals surface area contributed by atoms with E-state index in [0.717, 1.165) is 22.5 Å². The minimum Gasteiger partial charge on any atom is -0.360 e. The molecule has 2 heterocycles. The fourth-order valence-corrected chi connectivity index (χ4v) is 3.59. The van der Waals surface area contributed by atoms with Gasteiger partial charge in [0.1, 0.15) is 17.0 Å². The van der Waals surface area contributed by atoms with Crippen LogP contribution in [-0.2, 0) is 13.1 Å². The number of benzene rings is 2. The molecule has 0 bridgehead atoms. The molecule has 0 unspecified atom stereocenters. The monoisotopic (exact) mass is 400 g/mol. The highest BCUT2D eigenvalue weighted by molar-refractivity contribution is 6.00. The second-order valence-electron chi connectivity index (χ2n) is 7.30. The van der Waals surface area contributed by atoms with Gasteiger partial charge in [-0.3, -0.25) is 9.48 Å². The molecule has 4 aromatic rings. The summed E-state index contributed by atoms with van der Waals surface area (Å²) >= 11 is 0. The third-order valence-electron chi connectivity index (χ3n) is 5.27. The molecule has 0 radical (unpaired) electrons. The molecule has 0 aliphatic rings. The van der Waals surface area contributed by atoms with Crippen LogP contribution in [-0.4, -0.2) is 20.8 Å². The lowest BCUT2D eigenvalue weighted by atomic mass is 10.1. The summed E-state index contributed by atoms with van der Waals surface area (Å²) in [5.41, 5.74) is 6.03. The third-order valence-corrected chi connectivity index (χ3v) is 5.27. The number of hydrogen-bond acceptors (Lipinski definition) is 4. The first kappa shape index (κ1) is 19.6.